The van der Waals surface area contributed by atoms with E-state index >= 15 is 0 Å². The Kier molecular flexibility index (Phi) is 6.91. The molecule has 0 aromatic heterocycles. The maximum atomic E-state index is 6.85. The molecule has 2 nitrogen and oxygen atoms in total. The van der Waals surface area contributed by atoms with Crippen LogP contribution in [0.4, 0.5) is 0 Å². The van der Waals surface area contributed by atoms with Gasteiger partial charge in [0.1, 0.15) is 11.5 Å². The zero-order valence-electron chi connectivity index (χ0n) is 23.9. The molecular formula is C40H32O2. The Hall–Kier alpha value is -4.92. The molecule has 0 aliphatic carbocycles. The first-order valence-corrected chi connectivity index (χ1v) is 14.7. The third kappa shape index (κ3) is 4.70. The molecule has 0 radical (unpaired) electrons. The monoisotopic (exact) mass is 544 g/mol. The van der Waals surface area contributed by atoms with Crippen molar-refractivity contribution in [2.45, 2.75) is 13.8 Å². The van der Waals surface area contributed by atoms with Gasteiger partial charge in [0, 0.05) is 24.0 Å². The van der Waals surface area contributed by atoms with Gasteiger partial charge >= 0.3 is 0 Å². The van der Waals surface area contributed by atoms with Crippen LogP contribution >= 0.6 is 0 Å². The number of fused-ring (bicyclic) bond motifs is 8. The standard InChI is InChI=1S/C36H22O.C4H10O/c1-3-9-27-21-31-29(19-25(27)7-1)17-15-23-11-5-13-33(35(23)31)37-34-14-6-12-24-16-18-30-20-26-8-2-4-10-28(26)22-32(30)36(24)34;1-3-5-4-2/h1-22H;3-4H2,1-2H3. The average molecular weight is 545 g/mol. The predicted molar refractivity (Wildman–Crippen MR) is 180 cm³/mol. The lowest BCUT2D eigenvalue weighted by atomic mass is 9.97. The van der Waals surface area contributed by atoms with Crippen LogP contribution in [0, 0.1) is 0 Å². The molecule has 204 valence electrons. The predicted octanol–water partition coefficient (Wildman–Crippen LogP) is 11.4. The Morgan fingerprint density at radius 3 is 1.17 bits per heavy atom. The summed E-state index contributed by atoms with van der Waals surface area (Å²) in [6.45, 7) is 5.67. The molecule has 0 N–H and O–H groups in total. The summed E-state index contributed by atoms with van der Waals surface area (Å²) < 4.78 is 11.7. The van der Waals surface area contributed by atoms with Crippen LogP contribution in [0.15, 0.2) is 133 Å². The Labute approximate surface area is 245 Å². The van der Waals surface area contributed by atoms with Crippen molar-refractivity contribution < 1.29 is 9.47 Å². The highest BCUT2D eigenvalue weighted by molar-refractivity contribution is 6.16. The Bertz CT molecular complexity index is 2070. The van der Waals surface area contributed by atoms with E-state index in [2.05, 4.69) is 133 Å². The van der Waals surface area contributed by atoms with Crippen LogP contribution in [0.1, 0.15) is 13.8 Å². The molecule has 0 saturated heterocycles. The Morgan fingerprint density at radius 2 is 0.762 bits per heavy atom. The van der Waals surface area contributed by atoms with Gasteiger partial charge in [-0.25, -0.2) is 0 Å². The molecule has 0 aliphatic rings. The lowest BCUT2D eigenvalue weighted by Crippen LogP contribution is -1.90. The first kappa shape index (κ1) is 26.0. The van der Waals surface area contributed by atoms with Gasteiger partial charge in [-0.1, -0.05) is 97.1 Å². The molecule has 0 atom stereocenters. The number of hydrogen-bond donors (Lipinski definition) is 0. The smallest absolute Gasteiger partial charge is 0.135 e. The number of benzene rings is 8. The highest BCUT2D eigenvalue weighted by Crippen LogP contribution is 2.41. The molecule has 0 amide bonds. The summed E-state index contributed by atoms with van der Waals surface area (Å²) in [5.74, 6) is 1.76. The van der Waals surface area contributed by atoms with Gasteiger partial charge in [0.05, 0.1) is 0 Å². The van der Waals surface area contributed by atoms with Gasteiger partial charge in [0.25, 0.3) is 0 Å². The van der Waals surface area contributed by atoms with Crippen molar-refractivity contribution in [3.63, 3.8) is 0 Å². The molecule has 8 aromatic carbocycles. The largest absolute Gasteiger partial charge is 0.456 e. The second-order valence-corrected chi connectivity index (χ2v) is 10.6. The van der Waals surface area contributed by atoms with Crippen LogP contribution in [0.3, 0.4) is 0 Å². The maximum Gasteiger partial charge on any atom is 0.135 e. The van der Waals surface area contributed by atoms with Gasteiger partial charge in [-0.15, -0.1) is 0 Å². The first-order valence-electron chi connectivity index (χ1n) is 14.7. The van der Waals surface area contributed by atoms with Crippen LogP contribution in [-0.2, 0) is 4.74 Å². The fourth-order valence-corrected chi connectivity index (χ4v) is 6.03. The summed E-state index contributed by atoms with van der Waals surface area (Å²) >= 11 is 0. The van der Waals surface area contributed by atoms with E-state index in [-0.39, 0.29) is 0 Å². The molecule has 8 rings (SSSR count). The summed E-state index contributed by atoms with van der Waals surface area (Å²) in [7, 11) is 0. The van der Waals surface area contributed by atoms with E-state index < -0.39 is 0 Å². The molecule has 0 unspecified atom stereocenters. The molecule has 0 spiro atoms. The Balaban J connectivity index is 0.000000534. The van der Waals surface area contributed by atoms with E-state index in [9.17, 15) is 0 Å². The van der Waals surface area contributed by atoms with E-state index in [0.717, 1.165) is 35.5 Å². The highest BCUT2D eigenvalue weighted by Gasteiger charge is 2.13. The molecular weight excluding hydrogens is 512 g/mol. The lowest BCUT2D eigenvalue weighted by molar-refractivity contribution is 0.162. The molecule has 0 bridgehead atoms. The van der Waals surface area contributed by atoms with Crippen molar-refractivity contribution >= 4 is 64.6 Å². The van der Waals surface area contributed by atoms with Crippen LogP contribution in [0.25, 0.3) is 64.6 Å². The minimum absolute atomic E-state index is 0.844. The van der Waals surface area contributed by atoms with Gasteiger partial charge in [-0.3, -0.25) is 0 Å². The first-order chi connectivity index (χ1) is 20.7. The molecule has 42 heavy (non-hydrogen) atoms. The van der Waals surface area contributed by atoms with Crippen molar-refractivity contribution in [3.8, 4) is 11.5 Å². The molecule has 2 heteroatoms. The van der Waals surface area contributed by atoms with Gasteiger partial charge in [0.2, 0.25) is 0 Å². The van der Waals surface area contributed by atoms with Gasteiger partial charge in [-0.05, 0) is 104 Å². The fraction of sp³-hybridized carbons (Fsp3) is 0.100. The average Bonchev–Trinajstić information content (AvgIpc) is 3.03. The molecule has 8 aromatic rings. The number of hydrogen-bond acceptors (Lipinski definition) is 2. The van der Waals surface area contributed by atoms with E-state index in [1.807, 2.05) is 13.8 Å². The second-order valence-electron chi connectivity index (χ2n) is 10.6. The lowest BCUT2D eigenvalue weighted by Gasteiger charge is -2.15. The normalized spacial score (nSPS) is 11.4. The third-order valence-corrected chi connectivity index (χ3v) is 8.00. The number of ether oxygens (including phenoxy) is 2. The minimum atomic E-state index is 0.844. The van der Waals surface area contributed by atoms with Crippen LogP contribution in [0.5, 0.6) is 11.5 Å². The van der Waals surface area contributed by atoms with Crippen molar-refractivity contribution in [2.75, 3.05) is 13.2 Å². The molecule has 0 fully saturated rings. The summed E-state index contributed by atoms with van der Waals surface area (Å²) in [4.78, 5) is 0. The van der Waals surface area contributed by atoms with Crippen LogP contribution < -0.4 is 4.74 Å². The van der Waals surface area contributed by atoms with Gasteiger partial charge in [0.15, 0.2) is 0 Å². The summed E-state index contributed by atoms with van der Waals surface area (Å²) in [6.07, 6.45) is 0. The summed E-state index contributed by atoms with van der Waals surface area (Å²) in [5, 5.41) is 14.5. The molecule has 0 saturated carbocycles. The van der Waals surface area contributed by atoms with E-state index in [1.54, 1.807) is 0 Å². The topological polar surface area (TPSA) is 18.5 Å². The summed E-state index contributed by atoms with van der Waals surface area (Å²) in [6, 6.07) is 47.7. The zero-order chi connectivity index (χ0) is 28.5. The Morgan fingerprint density at radius 1 is 0.381 bits per heavy atom. The SMILES string of the molecule is CCOCC.c1ccc2cc3c(ccc4cccc(Oc5cccc6ccc7cc8ccccc8cc7c56)c43)cc2c1. The maximum absolute atomic E-state index is 6.85. The van der Waals surface area contributed by atoms with Crippen molar-refractivity contribution in [1.29, 1.82) is 0 Å². The highest BCUT2D eigenvalue weighted by atomic mass is 16.5. The van der Waals surface area contributed by atoms with Crippen molar-refractivity contribution in [3.05, 3.63) is 133 Å². The van der Waals surface area contributed by atoms with E-state index in [1.165, 1.54) is 53.9 Å². The second kappa shape index (κ2) is 11.2. The van der Waals surface area contributed by atoms with Crippen molar-refractivity contribution in [1.82, 2.24) is 0 Å². The third-order valence-electron chi connectivity index (χ3n) is 8.00. The quantitative estimate of drug-likeness (QED) is 0.162. The fourth-order valence-electron chi connectivity index (χ4n) is 6.03. The van der Waals surface area contributed by atoms with E-state index in [0.29, 0.717) is 0 Å². The molecule has 0 heterocycles. The van der Waals surface area contributed by atoms with Crippen LogP contribution in [-0.4, -0.2) is 13.2 Å². The summed E-state index contributed by atoms with van der Waals surface area (Å²) in [5.41, 5.74) is 0. The number of rotatable bonds is 4. The minimum Gasteiger partial charge on any atom is -0.456 e. The molecule has 0 aliphatic heterocycles. The van der Waals surface area contributed by atoms with E-state index in [4.69, 9.17) is 9.47 Å². The van der Waals surface area contributed by atoms with Gasteiger partial charge < -0.3 is 9.47 Å². The zero-order valence-corrected chi connectivity index (χ0v) is 23.9. The van der Waals surface area contributed by atoms with Crippen LogP contribution in [0.2, 0.25) is 0 Å². The van der Waals surface area contributed by atoms with Gasteiger partial charge in [-0.2, -0.15) is 0 Å². The van der Waals surface area contributed by atoms with Crippen molar-refractivity contribution in [2.24, 2.45) is 0 Å².